The maximum absolute atomic E-state index is 12.3. The highest BCUT2D eigenvalue weighted by atomic mass is 16.5. The van der Waals surface area contributed by atoms with Crippen molar-refractivity contribution < 1.29 is 14.6 Å². The summed E-state index contributed by atoms with van der Waals surface area (Å²) in [7, 11) is 0. The maximum Gasteiger partial charge on any atom is 0.252 e. The van der Waals surface area contributed by atoms with Crippen LogP contribution >= 0.6 is 0 Å². The van der Waals surface area contributed by atoms with Gasteiger partial charge in [0, 0.05) is 36.2 Å². The van der Waals surface area contributed by atoms with Crippen molar-refractivity contribution in [1.82, 2.24) is 15.0 Å². The first kappa shape index (κ1) is 22.8. The van der Waals surface area contributed by atoms with Gasteiger partial charge in [-0.15, -0.1) is 0 Å². The zero-order chi connectivity index (χ0) is 24.4. The third-order valence-corrected chi connectivity index (χ3v) is 6.36. The van der Waals surface area contributed by atoms with Crippen LogP contribution in [0.25, 0.3) is 22.6 Å². The molecule has 0 bridgehead atoms. The zero-order valence-corrected chi connectivity index (χ0v) is 19.5. The number of nitrogens with one attached hydrogen (secondary N) is 2. The van der Waals surface area contributed by atoms with Crippen LogP contribution in [0.5, 0.6) is 0 Å². The molecule has 4 aromatic rings. The number of rotatable bonds is 7. The normalized spacial score (nSPS) is 13.8. The molecule has 0 atom stereocenters. The van der Waals surface area contributed by atoms with E-state index in [0.29, 0.717) is 29.1 Å². The van der Waals surface area contributed by atoms with E-state index in [9.17, 15) is 9.90 Å². The number of carbonyl (C=O) groups is 1. The van der Waals surface area contributed by atoms with Crippen LogP contribution in [0.4, 0.5) is 17.1 Å². The topological polar surface area (TPSA) is 129 Å². The highest BCUT2D eigenvalue weighted by Crippen LogP contribution is 2.32. The van der Waals surface area contributed by atoms with E-state index in [1.165, 1.54) is 6.20 Å². The molecule has 0 radical (unpaired) electrons. The van der Waals surface area contributed by atoms with Crippen molar-refractivity contribution >= 4 is 34.1 Å². The van der Waals surface area contributed by atoms with Crippen molar-refractivity contribution in [3.05, 3.63) is 65.4 Å². The Balaban J connectivity index is 1.54. The molecule has 1 aliphatic heterocycles. The molecule has 9 nitrogen and oxygen atoms in total. The minimum absolute atomic E-state index is 0.0677. The predicted molar refractivity (Wildman–Crippen MR) is 136 cm³/mol. The molecule has 1 saturated heterocycles. The van der Waals surface area contributed by atoms with E-state index in [1.54, 1.807) is 0 Å². The van der Waals surface area contributed by atoms with Crippen molar-refractivity contribution in [2.45, 2.75) is 20.0 Å². The highest BCUT2D eigenvalue weighted by molar-refractivity contribution is 6.06. The fourth-order valence-corrected chi connectivity index (χ4v) is 4.51. The van der Waals surface area contributed by atoms with E-state index in [-0.39, 0.29) is 12.2 Å². The number of hydrogen-bond acceptors (Lipinski definition) is 7. The van der Waals surface area contributed by atoms with Gasteiger partial charge in [0.1, 0.15) is 11.3 Å². The average Bonchev–Trinajstić information content (AvgIpc) is 3.34. The van der Waals surface area contributed by atoms with Gasteiger partial charge in [0.15, 0.2) is 5.65 Å². The van der Waals surface area contributed by atoms with Gasteiger partial charge in [0.05, 0.1) is 31.1 Å². The van der Waals surface area contributed by atoms with Crippen LogP contribution in [0, 0.1) is 0 Å². The summed E-state index contributed by atoms with van der Waals surface area (Å²) in [6.45, 7) is 5.16. The summed E-state index contributed by atoms with van der Waals surface area (Å²) >= 11 is 0. The number of anilines is 3. The lowest BCUT2D eigenvalue weighted by molar-refractivity contribution is 0.100. The monoisotopic (exact) mass is 472 g/mol. The number of primary amides is 1. The summed E-state index contributed by atoms with van der Waals surface area (Å²) < 4.78 is 5.44. The summed E-state index contributed by atoms with van der Waals surface area (Å²) in [5.41, 5.74) is 12.1. The Bertz CT molecular complexity index is 1360. The van der Waals surface area contributed by atoms with Crippen LogP contribution in [0.2, 0.25) is 0 Å². The SMILES string of the molecule is CCc1c(CO)cccc1Nc1c(C(N)=O)cnc2nc(-c3ccc(N4CCOCC4)cc3)[nH]c12. The highest BCUT2D eigenvalue weighted by Gasteiger charge is 2.19. The molecular formula is C26H28N6O3. The van der Waals surface area contributed by atoms with Crippen LogP contribution in [0.15, 0.2) is 48.7 Å². The number of pyridine rings is 1. The number of hydrogen-bond donors (Lipinski definition) is 4. The first-order valence-electron chi connectivity index (χ1n) is 11.7. The lowest BCUT2D eigenvalue weighted by Gasteiger charge is -2.28. The maximum atomic E-state index is 12.3. The molecule has 180 valence electrons. The van der Waals surface area contributed by atoms with Gasteiger partial charge >= 0.3 is 0 Å². The van der Waals surface area contributed by atoms with Gasteiger partial charge in [-0.05, 0) is 47.9 Å². The molecule has 35 heavy (non-hydrogen) atoms. The van der Waals surface area contributed by atoms with Crippen molar-refractivity contribution in [3.63, 3.8) is 0 Å². The number of aliphatic hydroxyl groups is 1. The summed E-state index contributed by atoms with van der Waals surface area (Å²) in [6.07, 6.45) is 2.16. The molecule has 2 aromatic heterocycles. The Morgan fingerprint density at radius 3 is 2.66 bits per heavy atom. The lowest BCUT2D eigenvalue weighted by atomic mass is 10.0. The molecule has 2 aromatic carbocycles. The third kappa shape index (κ3) is 4.43. The molecule has 1 aliphatic rings. The van der Waals surface area contributed by atoms with Gasteiger partial charge in [-0.2, -0.15) is 0 Å². The predicted octanol–water partition coefficient (Wildman–Crippen LogP) is 3.36. The largest absolute Gasteiger partial charge is 0.392 e. The number of aromatic amines is 1. The van der Waals surface area contributed by atoms with Gasteiger partial charge < -0.3 is 30.8 Å². The number of ether oxygens (including phenoxy) is 1. The number of H-pyrrole nitrogens is 1. The average molecular weight is 473 g/mol. The summed E-state index contributed by atoms with van der Waals surface area (Å²) in [4.78, 5) is 26.9. The van der Waals surface area contributed by atoms with Crippen molar-refractivity contribution in [3.8, 4) is 11.4 Å². The minimum Gasteiger partial charge on any atom is -0.392 e. The minimum atomic E-state index is -0.593. The fourth-order valence-electron chi connectivity index (χ4n) is 4.51. The molecule has 0 saturated carbocycles. The lowest BCUT2D eigenvalue weighted by Crippen LogP contribution is -2.36. The molecule has 3 heterocycles. The first-order chi connectivity index (χ1) is 17.1. The van der Waals surface area contributed by atoms with Crippen LogP contribution in [-0.2, 0) is 17.8 Å². The summed E-state index contributed by atoms with van der Waals surface area (Å²) in [6, 6.07) is 13.8. The van der Waals surface area contributed by atoms with Gasteiger partial charge in [0.25, 0.3) is 5.91 Å². The Morgan fingerprint density at radius 2 is 1.97 bits per heavy atom. The second kappa shape index (κ2) is 9.73. The van der Waals surface area contributed by atoms with E-state index < -0.39 is 5.91 Å². The van der Waals surface area contributed by atoms with Crippen LogP contribution in [0.3, 0.4) is 0 Å². The van der Waals surface area contributed by atoms with Crippen LogP contribution in [0.1, 0.15) is 28.4 Å². The molecule has 0 unspecified atom stereocenters. The number of benzene rings is 2. The molecule has 5 N–H and O–H groups in total. The zero-order valence-electron chi connectivity index (χ0n) is 19.5. The van der Waals surface area contributed by atoms with E-state index >= 15 is 0 Å². The molecule has 1 amide bonds. The summed E-state index contributed by atoms with van der Waals surface area (Å²) in [5.74, 6) is 0.0507. The molecule has 5 rings (SSSR count). The van der Waals surface area contributed by atoms with E-state index in [2.05, 4.69) is 37.3 Å². The van der Waals surface area contributed by atoms with Gasteiger partial charge in [-0.3, -0.25) is 4.79 Å². The molecule has 9 heteroatoms. The van der Waals surface area contributed by atoms with E-state index in [4.69, 9.17) is 10.5 Å². The van der Waals surface area contributed by atoms with Crippen LogP contribution in [-0.4, -0.2) is 52.3 Å². The summed E-state index contributed by atoms with van der Waals surface area (Å²) in [5, 5.41) is 13.1. The second-order valence-corrected chi connectivity index (χ2v) is 8.42. The Morgan fingerprint density at radius 1 is 1.20 bits per heavy atom. The number of aromatic nitrogens is 3. The van der Waals surface area contributed by atoms with Crippen LogP contribution < -0.4 is 16.0 Å². The first-order valence-corrected chi connectivity index (χ1v) is 11.7. The molecule has 0 spiro atoms. The van der Waals surface area contributed by atoms with Gasteiger partial charge in [-0.1, -0.05) is 19.1 Å². The quantitative estimate of drug-likeness (QED) is 0.325. The number of morpholine rings is 1. The number of nitrogens with two attached hydrogens (primary N) is 1. The Hall–Kier alpha value is -3.95. The number of nitrogens with zero attached hydrogens (tertiary/aromatic N) is 3. The van der Waals surface area contributed by atoms with Crippen molar-refractivity contribution in [2.24, 2.45) is 5.73 Å². The van der Waals surface area contributed by atoms with Gasteiger partial charge in [-0.25, -0.2) is 9.97 Å². The molecule has 1 fully saturated rings. The number of amides is 1. The van der Waals surface area contributed by atoms with E-state index in [1.807, 2.05) is 37.3 Å². The number of carbonyl (C=O) groups excluding carboxylic acids is 1. The van der Waals surface area contributed by atoms with E-state index in [0.717, 1.165) is 54.4 Å². The van der Waals surface area contributed by atoms with Gasteiger partial charge in [0.2, 0.25) is 0 Å². The number of aliphatic hydroxyl groups excluding tert-OH is 1. The van der Waals surface area contributed by atoms with Crippen molar-refractivity contribution in [1.29, 1.82) is 0 Å². The van der Waals surface area contributed by atoms with Crippen molar-refractivity contribution in [2.75, 3.05) is 36.5 Å². The number of imidazole rings is 1. The molecule has 0 aliphatic carbocycles. The smallest absolute Gasteiger partial charge is 0.252 e. The second-order valence-electron chi connectivity index (χ2n) is 8.42. The third-order valence-electron chi connectivity index (χ3n) is 6.36. The Kier molecular flexibility index (Phi) is 6.35. The standard InChI is InChI=1S/C26H28N6O3/c1-2-19-17(15-33)4-3-5-21(19)29-22-20(24(27)34)14-28-26-23(22)30-25(31-26)16-6-8-18(9-7-16)32-10-12-35-13-11-32/h3-9,14,33H,2,10-13,15H2,1H3,(H2,27,34)(H2,28,29,30,31). The number of fused-ring (bicyclic) bond motifs is 1. The Labute approximate surface area is 203 Å². The molecular weight excluding hydrogens is 444 g/mol. The fraction of sp³-hybridized carbons (Fsp3) is 0.269.